The third-order valence-corrected chi connectivity index (χ3v) is 12.4. The maximum Gasteiger partial charge on any atom is 0.490 e. The summed E-state index contributed by atoms with van der Waals surface area (Å²) in [6.45, 7) is 12.9. The molecular weight excluding hydrogens is 817 g/mol. The van der Waals surface area contributed by atoms with Gasteiger partial charge in [-0.25, -0.2) is 9.59 Å². The third kappa shape index (κ3) is 14.0. The number of esters is 1. The molecule has 0 unspecified atom stereocenters. The first-order chi connectivity index (χ1) is 28.9. The highest BCUT2D eigenvalue weighted by molar-refractivity contribution is 5.92. The molecule has 352 valence electrons. The van der Waals surface area contributed by atoms with E-state index in [1.807, 2.05) is 46.6 Å². The van der Waals surface area contributed by atoms with Crippen LogP contribution in [0, 0.1) is 17.8 Å². The van der Waals surface area contributed by atoms with Crippen LogP contribution in [0.3, 0.4) is 0 Å². The van der Waals surface area contributed by atoms with E-state index in [4.69, 9.17) is 29.8 Å². The van der Waals surface area contributed by atoms with Crippen molar-refractivity contribution in [3.63, 3.8) is 0 Å². The number of ether oxygens (including phenoxy) is 3. The van der Waals surface area contributed by atoms with Gasteiger partial charge >= 0.3 is 18.1 Å². The molecule has 2 aliphatic rings. The van der Waals surface area contributed by atoms with Crippen LogP contribution >= 0.6 is 0 Å². The van der Waals surface area contributed by atoms with Crippen LogP contribution in [0.25, 0.3) is 0 Å². The Hall–Kier alpha value is -4.49. The summed E-state index contributed by atoms with van der Waals surface area (Å²) in [4.78, 5) is 82.9. The van der Waals surface area contributed by atoms with Gasteiger partial charge < -0.3 is 45.5 Å². The molecule has 0 spiro atoms. The van der Waals surface area contributed by atoms with E-state index in [0.29, 0.717) is 18.7 Å². The number of alkyl halides is 3. The number of nitrogens with two attached hydrogens (primary N) is 1. The van der Waals surface area contributed by atoms with Crippen LogP contribution in [0.2, 0.25) is 0 Å². The minimum atomic E-state index is -5.08. The number of methoxy groups -OCH3 is 3. The summed E-state index contributed by atoms with van der Waals surface area (Å²) in [5.41, 5.74) is 6.53. The molecule has 0 aromatic heterocycles. The molecule has 4 amide bonds. The normalized spacial score (nSPS) is 21.3. The van der Waals surface area contributed by atoms with E-state index in [1.165, 1.54) is 14.2 Å². The Balaban J connectivity index is 0.00000173. The molecule has 5 N–H and O–H groups in total. The molecule has 2 fully saturated rings. The lowest BCUT2D eigenvalue weighted by Gasteiger charge is -2.41. The zero-order chi connectivity index (χ0) is 47.3. The summed E-state index contributed by atoms with van der Waals surface area (Å²) in [6, 6.07) is 4.50. The lowest BCUT2D eigenvalue weighted by molar-refractivity contribution is -0.192. The Kier molecular flexibility index (Phi) is 20.6. The maximum atomic E-state index is 14.3. The average Bonchev–Trinajstić information content (AvgIpc) is 3.85. The smallest absolute Gasteiger partial charge is 0.475 e. The molecule has 9 atom stereocenters. The molecule has 0 bridgehead atoms. The molecule has 62 heavy (non-hydrogen) atoms. The summed E-state index contributed by atoms with van der Waals surface area (Å²) in [7, 11) is 8.02. The molecule has 1 aromatic carbocycles. The van der Waals surface area contributed by atoms with Gasteiger partial charge in [-0.05, 0) is 75.7 Å². The predicted molar refractivity (Wildman–Crippen MR) is 225 cm³/mol. The van der Waals surface area contributed by atoms with E-state index in [0.717, 1.165) is 37.8 Å². The average molecular weight is 887 g/mol. The van der Waals surface area contributed by atoms with E-state index in [1.54, 1.807) is 55.1 Å². The number of halogens is 3. The number of rotatable bonds is 19. The molecule has 1 aromatic rings. The fourth-order valence-corrected chi connectivity index (χ4v) is 8.25. The number of carboxylic acid groups (broad SMARTS) is 1. The standard InChI is InChI=1S/C41H68N6O8.C2HF3O2/c1-12-26(4)35(46(8)38(50)34(25(2)3)44-40(52)41(6)20-14-21-45(41)7)32(53-9)24-33(48)47-22-13-15-31(47)36(54-10)27(5)37(49)43-30(39(51)55-11)23-28-16-18-29(42)19-17-28;3-2(4,5)1(6)7/h16-19,25-27,30-32,34-36H,12-15,20-24,42H2,1-11H3,(H,43,49)(H,44,52);(H,6,7)/t26-,27+,30-,31-,32+,34-,35-,36+,41-;/m0./s1. The number of nitrogens with one attached hydrogen (secondary N) is 2. The molecule has 16 nitrogen and oxygen atoms in total. The number of hydrogen-bond acceptors (Lipinski definition) is 11. The van der Waals surface area contributed by atoms with Crippen molar-refractivity contribution < 1.29 is 61.3 Å². The number of likely N-dealkylation sites (N-methyl/N-ethyl adjacent to an activating group) is 2. The molecule has 2 heterocycles. The largest absolute Gasteiger partial charge is 0.490 e. The first-order valence-electron chi connectivity index (χ1n) is 21.1. The Morgan fingerprint density at radius 3 is 2.05 bits per heavy atom. The second-order valence-electron chi connectivity index (χ2n) is 16.9. The van der Waals surface area contributed by atoms with E-state index in [-0.39, 0.29) is 42.4 Å². The van der Waals surface area contributed by atoms with Crippen LogP contribution < -0.4 is 16.4 Å². The van der Waals surface area contributed by atoms with Gasteiger partial charge in [0.2, 0.25) is 23.6 Å². The van der Waals surface area contributed by atoms with Crippen LogP contribution in [0.5, 0.6) is 0 Å². The number of anilines is 1. The fourth-order valence-electron chi connectivity index (χ4n) is 8.25. The Morgan fingerprint density at radius 1 is 0.984 bits per heavy atom. The Morgan fingerprint density at radius 2 is 1.58 bits per heavy atom. The van der Waals surface area contributed by atoms with Crippen molar-refractivity contribution in [1.29, 1.82) is 0 Å². The molecule has 0 radical (unpaired) electrons. The van der Waals surface area contributed by atoms with Crippen molar-refractivity contribution in [3.05, 3.63) is 29.8 Å². The number of benzene rings is 1. The first-order valence-corrected chi connectivity index (χ1v) is 21.1. The molecule has 2 aliphatic heterocycles. The maximum absolute atomic E-state index is 14.3. The van der Waals surface area contributed by atoms with Gasteiger partial charge in [-0.3, -0.25) is 24.1 Å². The summed E-state index contributed by atoms with van der Waals surface area (Å²) >= 11 is 0. The number of nitrogens with zero attached hydrogens (tertiary/aromatic N) is 3. The van der Waals surface area contributed by atoms with Crippen LogP contribution in [-0.2, 0) is 49.4 Å². The van der Waals surface area contributed by atoms with Crippen LogP contribution in [0.4, 0.5) is 18.9 Å². The van der Waals surface area contributed by atoms with Gasteiger partial charge in [0.05, 0.1) is 49.3 Å². The lowest BCUT2D eigenvalue weighted by atomic mass is 9.89. The van der Waals surface area contributed by atoms with Crippen molar-refractivity contribution in [1.82, 2.24) is 25.3 Å². The molecule has 19 heteroatoms. The SMILES string of the molecule is CC[C@H](C)[C@@H]([C@@H](CC(=O)N1CCC[C@H]1[C@H](OC)[C@@H](C)C(=O)N[C@@H](Cc1ccc(N)cc1)C(=O)OC)OC)N(C)C(=O)[C@@H](NC(=O)[C@]1(C)CCCN1C)C(C)C.O=C(O)C(F)(F)F. The van der Waals surface area contributed by atoms with Crippen molar-refractivity contribution >= 4 is 41.3 Å². The van der Waals surface area contributed by atoms with Crippen molar-refractivity contribution in [2.75, 3.05) is 54.2 Å². The number of carbonyl (C=O) groups is 6. The highest BCUT2D eigenvalue weighted by Crippen LogP contribution is 2.31. The van der Waals surface area contributed by atoms with E-state index >= 15 is 0 Å². The van der Waals surface area contributed by atoms with E-state index in [9.17, 15) is 37.1 Å². The highest BCUT2D eigenvalue weighted by Gasteiger charge is 2.46. The topological polar surface area (TPSA) is 210 Å². The van der Waals surface area contributed by atoms with Crippen molar-refractivity contribution in [3.8, 4) is 0 Å². The van der Waals surface area contributed by atoms with Gasteiger partial charge in [-0.1, -0.05) is 53.2 Å². The zero-order valence-corrected chi connectivity index (χ0v) is 38.0. The van der Waals surface area contributed by atoms with Gasteiger partial charge in [0, 0.05) is 39.9 Å². The quantitative estimate of drug-likeness (QED) is 0.116. The van der Waals surface area contributed by atoms with Crippen molar-refractivity contribution in [2.24, 2.45) is 17.8 Å². The van der Waals surface area contributed by atoms with Crippen molar-refractivity contribution in [2.45, 2.75) is 135 Å². The van der Waals surface area contributed by atoms with Gasteiger partial charge in [0.15, 0.2) is 0 Å². The second kappa shape index (κ2) is 23.8. The first kappa shape index (κ1) is 53.6. The molecule has 0 aliphatic carbocycles. The predicted octanol–water partition coefficient (Wildman–Crippen LogP) is 3.65. The Labute approximate surface area is 363 Å². The molecule has 3 rings (SSSR count). The highest BCUT2D eigenvalue weighted by atomic mass is 19.4. The van der Waals surface area contributed by atoms with Gasteiger partial charge in [-0.2, -0.15) is 13.2 Å². The van der Waals surface area contributed by atoms with Crippen LogP contribution in [0.1, 0.15) is 85.6 Å². The number of carbonyl (C=O) groups excluding carboxylic acids is 5. The summed E-state index contributed by atoms with van der Waals surface area (Å²) in [5, 5.41) is 13.0. The minimum Gasteiger partial charge on any atom is -0.475 e. The third-order valence-electron chi connectivity index (χ3n) is 12.4. The molecule has 2 saturated heterocycles. The Bertz CT molecular complexity index is 1670. The number of likely N-dealkylation sites (tertiary alicyclic amines) is 2. The number of hydrogen-bond donors (Lipinski definition) is 4. The van der Waals surface area contributed by atoms with Gasteiger partial charge in [0.25, 0.3) is 0 Å². The summed E-state index contributed by atoms with van der Waals surface area (Å²) in [6.07, 6.45) is -2.46. The summed E-state index contributed by atoms with van der Waals surface area (Å²) < 4.78 is 48.7. The van der Waals surface area contributed by atoms with E-state index in [2.05, 4.69) is 10.6 Å². The fraction of sp³-hybridized carbons (Fsp3) is 0.721. The number of nitrogen functional groups attached to an aromatic ring is 1. The van der Waals surface area contributed by atoms with Crippen LogP contribution in [-0.4, -0.2) is 152 Å². The molecule has 0 saturated carbocycles. The van der Waals surface area contributed by atoms with Gasteiger partial charge in [-0.15, -0.1) is 0 Å². The van der Waals surface area contributed by atoms with E-state index < -0.39 is 71.9 Å². The monoisotopic (exact) mass is 887 g/mol. The number of amides is 4. The molecular formula is C43H69F3N6O10. The minimum absolute atomic E-state index is 0.00418. The summed E-state index contributed by atoms with van der Waals surface area (Å²) in [5.74, 6) is -5.22. The van der Waals surface area contributed by atoms with Crippen LogP contribution in [0.15, 0.2) is 24.3 Å². The lowest BCUT2D eigenvalue weighted by Crippen LogP contribution is -2.61. The van der Waals surface area contributed by atoms with Gasteiger partial charge in [0.1, 0.15) is 12.1 Å². The zero-order valence-electron chi connectivity index (χ0n) is 38.0. The second-order valence-corrected chi connectivity index (χ2v) is 16.9. The number of aliphatic carboxylic acids is 1. The number of carboxylic acids is 1.